The van der Waals surface area contributed by atoms with Gasteiger partial charge in [0, 0.05) is 31.1 Å². The predicted molar refractivity (Wildman–Crippen MR) is 61.1 cm³/mol. The molecular weight excluding hydrogens is 222 g/mol. The van der Waals surface area contributed by atoms with E-state index < -0.39 is 0 Å². The molecule has 2 aliphatic rings. The van der Waals surface area contributed by atoms with E-state index in [1.54, 1.807) is 4.57 Å². The van der Waals surface area contributed by atoms with Gasteiger partial charge in [-0.1, -0.05) is 0 Å². The smallest absolute Gasteiger partial charge is 0.289 e. The molecule has 0 aliphatic carbocycles. The second kappa shape index (κ2) is 3.66. The second-order valence-corrected chi connectivity index (χ2v) is 4.77. The second-order valence-electron chi connectivity index (χ2n) is 4.77. The maximum Gasteiger partial charge on any atom is 0.289 e. The number of nitrogens with zero attached hydrogens (tertiary/aromatic N) is 2. The zero-order valence-electron chi connectivity index (χ0n) is 9.26. The Kier molecular flexibility index (Phi) is 2.25. The quantitative estimate of drug-likeness (QED) is 0.566. The molecule has 90 valence electrons. The van der Waals surface area contributed by atoms with Crippen molar-refractivity contribution in [3.8, 4) is 0 Å². The molecule has 1 aromatic heterocycles. The summed E-state index contributed by atoms with van der Waals surface area (Å²) in [6.45, 7) is 2.21. The third kappa shape index (κ3) is 1.56. The summed E-state index contributed by atoms with van der Waals surface area (Å²) in [6, 6.07) is 2.64. The van der Waals surface area contributed by atoms with Gasteiger partial charge in [-0.05, 0) is 18.9 Å². The minimum absolute atomic E-state index is 0.0803. The van der Waals surface area contributed by atoms with Crippen LogP contribution in [-0.2, 0) is 6.54 Å². The largest absolute Gasteiger partial charge is 0.316 e. The van der Waals surface area contributed by atoms with Gasteiger partial charge in [0.25, 0.3) is 11.2 Å². The van der Waals surface area contributed by atoms with Crippen molar-refractivity contribution in [1.29, 1.82) is 0 Å². The molecule has 1 N–H and O–H groups in total. The van der Waals surface area contributed by atoms with Crippen molar-refractivity contribution in [2.24, 2.45) is 5.92 Å². The summed E-state index contributed by atoms with van der Waals surface area (Å²) in [5.41, 5.74) is 0.560. The minimum Gasteiger partial charge on any atom is -0.316 e. The number of hydrogen-bond acceptors (Lipinski definition) is 4. The molecule has 0 aromatic carbocycles. The molecule has 0 unspecified atom stereocenters. The van der Waals surface area contributed by atoms with Gasteiger partial charge in [0.1, 0.15) is 5.69 Å². The molecule has 0 amide bonds. The summed E-state index contributed by atoms with van der Waals surface area (Å²) < 4.78 is 1.60. The Hall–Kier alpha value is -1.69. The third-order valence-corrected chi connectivity index (χ3v) is 3.67. The Morgan fingerprint density at radius 3 is 3.00 bits per heavy atom. The van der Waals surface area contributed by atoms with Crippen LogP contribution in [-0.4, -0.2) is 22.6 Å². The van der Waals surface area contributed by atoms with E-state index in [9.17, 15) is 14.9 Å². The molecule has 0 radical (unpaired) electrons. The van der Waals surface area contributed by atoms with Gasteiger partial charge < -0.3 is 9.88 Å². The molecule has 17 heavy (non-hydrogen) atoms. The van der Waals surface area contributed by atoms with Crippen LogP contribution in [0.5, 0.6) is 0 Å². The molecule has 2 atom stereocenters. The lowest BCUT2D eigenvalue weighted by atomic mass is 9.83. The monoisotopic (exact) mass is 235 g/mol. The number of nitro groups is 1. The highest BCUT2D eigenvalue weighted by atomic mass is 16.6. The average molecular weight is 235 g/mol. The summed E-state index contributed by atoms with van der Waals surface area (Å²) in [5.74, 6) is 0.512. The molecule has 0 spiro atoms. The van der Waals surface area contributed by atoms with E-state index in [1.165, 1.54) is 12.1 Å². The van der Waals surface area contributed by atoms with E-state index >= 15 is 0 Å². The van der Waals surface area contributed by atoms with Crippen molar-refractivity contribution >= 4 is 5.69 Å². The molecule has 1 fully saturated rings. The maximum atomic E-state index is 11.8. The number of nitrogens with one attached hydrogen (secondary N) is 1. The predicted octanol–water partition coefficient (Wildman–Crippen LogP) is 0.463. The molecule has 2 bridgehead atoms. The Bertz CT molecular complexity index is 537. The van der Waals surface area contributed by atoms with Crippen molar-refractivity contribution in [2.75, 3.05) is 13.1 Å². The average Bonchev–Trinajstić information content (AvgIpc) is 2.30. The lowest BCUT2D eigenvalue weighted by Gasteiger charge is -2.36. The number of pyridine rings is 1. The number of rotatable bonds is 1. The highest BCUT2D eigenvalue weighted by Gasteiger charge is 2.35. The van der Waals surface area contributed by atoms with Crippen LogP contribution in [0.4, 0.5) is 5.69 Å². The Morgan fingerprint density at radius 1 is 1.41 bits per heavy atom. The van der Waals surface area contributed by atoms with Crippen molar-refractivity contribution in [3.63, 3.8) is 0 Å². The van der Waals surface area contributed by atoms with Crippen LogP contribution in [0.25, 0.3) is 0 Å². The van der Waals surface area contributed by atoms with Crippen molar-refractivity contribution in [1.82, 2.24) is 9.88 Å². The third-order valence-electron chi connectivity index (χ3n) is 3.67. The molecule has 3 heterocycles. The van der Waals surface area contributed by atoms with Crippen LogP contribution in [0.2, 0.25) is 0 Å². The first-order valence-electron chi connectivity index (χ1n) is 5.75. The number of fused-ring (bicyclic) bond motifs is 4. The van der Waals surface area contributed by atoms with Gasteiger partial charge >= 0.3 is 0 Å². The van der Waals surface area contributed by atoms with Crippen LogP contribution in [0.1, 0.15) is 18.0 Å². The summed E-state index contributed by atoms with van der Waals surface area (Å²) in [5, 5.41) is 14.3. The highest BCUT2D eigenvalue weighted by molar-refractivity contribution is 5.39. The normalized spacial score (nSPS) is 26.4. The number of hydrogen-bond donors (Lipinski definition) is 1. The first kappa shape index (κ1) is 10.5. The lowest BCUT2D eigenvalue weighted by molar-refractivity contribution is -0.386. The van der Waals surface area contributed by atoms with Crippen molar-refractivity contribution in [3.05, 3.63) is 38.3 Å². The van der Waals surface area contributed by atoms with E-state index in [0.717, 1.165) is 19.5 Å². The summed E-state index contributed by atoms with van der Waals surface area (Å²) in [4.78, 5) is 22.4. The maximum absolute atomic E-state index is 11.8. The van der Waals surface area contributed by atoms with E-state index in [-0.39, 0.29) is 22.1 Å². The molecule has 6 heteroatoms. The van der Waals surface area contributed by atoms with Crippen LogP contribution in [0.15, 0.2) is 16.9 Å². The number of aromatic nitrogens is 1. The lowest BCUT2D eigenvalue weighted by Crippen LogP contribution is -2.45. The molecule has 3 rings (SSSR count). The zero-order chi connectivity index (χ0) is 12.0. The Labute approximate surface area is 97.4 Å². The zero-order valence-corrected chi connectivity index (χ0v) is 9.26. The van der Waals surface area contributed by atoms with Crippen LogP contribution in [0, 0.1) is 16.0 Å². The van der Waals surface area contributed by atoms with Crippen LogP contribution < -0.4 is 10.9 Å². The van der Waals surface area contributed by atoms with E-state index in [1.807, 2.05) is 0 Å². The van der Waals surface area contributed by atoms with Crippen molar-refractivity contribution in [2.45, 2.75) is 18.9 Å². The first-order valence-corrected chi connectivity index (χ1v) is 5.75. The summed E-state index contributed by atoms with van der Waals surface area (Å²) in [6.07, 6.45) is 0.942. The van der Waals surface area contributed by atoms with Crippen LogP contribution >= 0.6 is 0 Å². The molecule has 0 saturated carbocycles. The van der Waals surface area contributed by atoms with Gasteiger partial charge in [-0.25, -0.2) is 0 Å². The first-order chi connectivity index (χ1) is 8.16. The minimum atomic E-state index is -0.389. The highest BCUT2D eigenvalue weighted by Crippen LogP contribution is 2.36. The fraction of sp³-hybridized carbons (Fsp3) is 0.545. The van der Waals surface area contributed by atoms with Crippen LogP contribution in [0.3, 0.4) is 0 Å². The summed E-state index contributed by atoms with van der Waals surface area (Å²) >= 11 is 0. The molecule has 6 nitrogen and oxygen atoms in total. The van der Waals surface area contributed by atoms with Gasteiger partial charge in [-0.15, -0.1) is 0 Å². The fourth-order valence-corrected chi connectivity index (χ4v) is 2.99. The van der Waals surface area contributed by atoms with E-state index in [4.69, 9.17) is 0 Å². The van der Waals surface area contributed by atoms with E-state index in [2.05, 4.69) is 5.32 Å². The van der Waals surface area contributed by atoms with Crippen molar-refractivity contribution < 1.29 is 4.92 Å². The molecule has 1 aromatic rings. The van der Waals surface area contributed by atoms with Gasteiger partial charge in [0.15, 0.2) is 0 Å². The SMILES string of the molecule is O=c1ccc([N+](=O)[O-])c2n1C[C@@H]1CNC[C@@H]2C1. The van der Waals surface area contributed by atoms with Gasteiger partial charge in [-0.3, -0.25) is 14.9 Å². The molecular formula is C11H13N3O3. The van der Waals surface area contributed by atoms with E-state index in [0.29, 0.717) is 18.2 Å². The molecule has 2 aliphatic heterocycles. The Balaban J connectivity index is 2.22. The van der Waals surface area contributed by atoms with Gasteiger partial charge in [0.2, 0.25) is 0 Å². The van der Waals surface area contributed by atoms with Gasteiger partial charge in [-0.2, -0.15) is 0 Å². The molecule has 1 saturated heterocycles. The Morgan fingerprint density at radius 2 is 2.24 bits per heavy atom. The topological polar surface area (TPSA) is 77.2 Å². The van der Waals surface area contributed by atoms with Gasteiger partial charge in [0.05, 0.1) is 4.92 Å². The summed E-state index contributed by atoms with van der Waals surface area (Å²) in [7, 11) is 0. The fourth-order valence-electron chi connectivity index (χ4n) is 2.99. The number of piperidine rings is 1. The standard InChI is InChI=1S/C11H13N3O3/c15-10-2-1-9(14(16)17)11-8-3-7(4-12-5-8)6-13(10)11/h1-2,7-8,12H,3-6H2/t7-,8-/m0/s1.